The van der Waals surface area contributed by atoms with Gasteiger partial charge in [-0.1, -0.05) is 39.1 Å². The van der Waals surface area contributed by atoms with Gasteiger partial charge >= 0.3 is 0 Å². The van der Waals surface area contributed by atoms with E-state index in [1.54, 1.807) is 12.1 Å². The first kappa shape index (κ1) is 19.6. The van der Waals surface area contributed by atoms with Gasteiger partial charge in [0.05, 0.1) is 33.1 Å². The molecule has 0 saturated carbocycles. The topological polar surface area (TPSA) is 64.1 Å². The third-order valence-electron chi connectivity index (χ3n) is 3.57. The van der Waals surface area contributed by atoms with E-state index < -0.39 is 11.5 Å². The van der Waals surface area contributed by atoms with Gasteiger partial charge in [0.2, 0.25) is 0 Å². The van der Waals surface area contributed by atoms with Crippen molar-refractivity contribution in [2.75, 3.05) is 7.11 Å². The molecule has 0 amide bonds. The number of carbonyl (C=O) groups is 1. The zero-order chi connectivity index (χ0) is 19.2. The highest BCUT2D eigenvalue weighted by atomic mass is 79.9. The summed E-state index contributed by atoms with van der Waals surface area (Å²) >= 11 is 24.0. The molecule has 26 heavy (non-hydrogen) atoms. The Balaban J connectivity index is 2.35. The van der Waals surface area contributed by atoms with Crippen LogP contribution in [0.1, 0.15) is 10.4 Å². The van der Waals surface area contributed by atoms with Crippen molar-refractivity contribution in [2.45, 2.75) is 0 Å². The van der Waals surface area contributed by atoms with Crippen molar-refractivity contribution in [1.29, 1.82) is 0 Å². The standard InChI is InChI=1S/C16H8Br2Cl2N2O3S/c1-25-13-9(2-6(17)3-10(13)18)15(24)22-14(23)8-4-7(19)5-11(20)12(8)21-16(22)26/h2-5H,1H3,(H,21,26). The molecule has 1 aromatic heterocycles. The van der Waals surface area contributed by atoms with Gasteiger partial charge in [0, 0.05) is 9.50 Å². The summed E-state index contributed by atoms with van der Waals surface area (Å²) in [4.78, 5) is 28.8. The summed E-state index contributed by atoms with van der Waals surface area (Å²) in [6, 6.07) is 6.17. The summed E-state index contributed by atoms with van der Waals surface area (Å²) in [5.74, 6) is -0.364. The summed E-state index contributed by atoms with van der Waals surface area (Å²) in [5.41, 5.74) is -0.156. The molecule has 0 radical (unpaired) electrons. The molecule has 0 spiro atoms. The van der Waals surface area contributed by atoms with Crippen LogP contribution in [-0.4, -0.2) is 22.6 Å². The van der Waals surface area contributed by atoms with E-state index in [0.29, 0.717) is 14.5 Å². The van der Waals surface area contributed by atoms with Crippen LogP contribution in [0.25, 0.3) is 10.9 Å². The Morgan fingerprint density at radius 1 is 1.23 bits per heavy atom. The maximum absolute atomic E-state index is 13.1. The number of rotatable bonds is 2. The van der Waals surface area contributed by atoms with Gasteiger partial charge < -0.3 is 9.72 Å². The highest BCUT2D eigenvalue weighted by Gasteiger charge is 2.22. The number of carbonyl (C=O) groups excluding carboxylic acids is 1. The lowest BCUT2D eigenvalue weighted by Crippen LogP contribution is -2.29. The second-order valence-electron chi connectivity index (χ2n) is 5.15. The van der Waals surface area contributed by atoms with Crippen molar-refractivity contribution in [3.8, 4) is 5.75 Å². The lowest BCUT2D eigenvalue weighted by molar-refractivity contribution is 0.0950. The summed E-state index contributed by atoms with van der Waals surface area (Å²) < 4.78 is 7.23. The fourth-order valence-electron chi connectivity index (χ4n) is 2.48. The van der Waals surface area contributed by atoms with Crippen LogP contribution in [0, 0.1) is 4.77 Å². The van der Waals surface area contributed by atoms with Crippen LogP contribution in [0.15, 0.2) is 38.0 Å². The number of hydrogen-bond acceptors (Lipinski definition) is 4. The number of nitrogens with one attached hydrogen (secondary N) is 1. The minimum atomic E-state index is -0.645. The van der Waals surface area contributed by atoms with Crippen molar-refractivity contribution in [1.82, 2.24) is 9.55 Å². The highest BCUT2D eigenvalue weighted by molar-refractivity contribution is 9.11. The lowest BCUT2D eigenvalue weighted by atomic mass is 10.1. The number of aromatic nitrogens is 2. The number of H-pyrrole nitrogens is 1. The zero-order valence-electron chi connectivity index (χ0n) is 12.9. The SMILES string of the molecule is COc1c(Br)cc(Br)cc1C(=O)n1c(=S)[nH]c2c(Cl)cc(Cl)cc2c1=O. The fraction of sp³-hybridized carbons (Fsp3) is 0.0625. The summed E-state index contributed by atoms with van der Waals surface area (Å²) in [7, 11) is 1.42. The Labute approximate surface area is 179 Å². The maximum Gasteiger partial charge on any atom is 0.271 e. The van der Waals surface area contributed by atoms with Crippen LogP contribution in [0.5, 0.6) is 5.75 Å². The fourth-order valence-corrected chi connectivity index (χ4v) is 4.67. The molecule has 2 aromatic carbocycles. The van der Waals surface area contributed by atoms with Gasteiger partial charge in [-0.15, -0.1) is 0 Å². The molecule has 0 atom stereocenters. The van der Waals surface area contributed by atoms with Crippen LogP contribution >= 0.6 is 67.3 Å². The first-order valence-corrected chi connectivity index (χ1v) is 9.71. The van der Waals surface area contributed by atoms with Crippen LogP contribution < -0.4 is 10.3 Å². The van der Waals surface area contributed by atoms with Crippen LogP contribution in [0.4, 0.5) is 0 Å². The number of halogens is 4. The van der Waals surface area contributed by atoms with Gasteiger partial charge in [-0.05, 0) is 52.4 Å². The number of hydrogen-bond donors (Lipinski definition) is 1. The highest BCUT2D eigenvalue weighted by Crippen LogP contribution is 2.33. The van der Waals surface area contributed by atoms with Gasteiger partial charge in [-0.3, -0.25) is 9.59 Å². The second kappa shape index (κ2) is 7.44. The van der Waals surface area contributed by atoms with Gasteiger partial charge in [-0.25, -0.2) is 4.57 Å². The Bertz CT molecular complexity index is 1190. The molecular formula is C16H8Br2Cl2N2O3S. The minimum absolute atomic E-state index is 0.0881. The second-order valence-corrected chi connectivity index (χ2v) is 8.15. The predicted molar refractivity (Wildman–Crippen MR) is 112 cm³/mol. The molecule has 5 nitrogen and oxygen atoms in total. The van der Waals surface area contributed by atoms with Crippen LogP contribution in [0.2, 0.25) is 10.0 Å². The van der Waals surface area contributed by atoms with E-state index in [9.17, 15) is 9.59 Å². The molecule has 0 unspecified atom stereocenters. The average molecular weight is 539 g/mol. The Kier molecular flexibility index (Phi) is 5.60. The van der Waals surface area contributed by atoms with Gasteiger partial charge in [0.25, 0.3) is 11.5 Å². The summed E-state index contributed by atoms with van der Waals surface area (Å²) in [6.07, 6.45) is 0. The molecule has 134 valence electrons. The third kappa shape index (κ3) is 3.36. The predicted octanol–water partition coefficient (Wildman–Crippen LogP) is 5.59. The van der Waals surface area contributed by atoms with Crippen molar-refractivity contribution in [2.24, 2.45) is 0 Å². The Hall–Kier alpha value is -1.19. The number of benzene rings is 2. The van der Waals surface area contributed by atoms with Crippen molar-refractivity contribution in [3.05, 3.63) is 63.9 Å². The molecular weight excluding hydrogens is 531 g/mol. The summed E-state index contributed by atoms with van der Waals surface area (Å²) in [5, 5.41) is 0.655. The zero-order valence-corrected chi connectivity index (χ0v) is 18.4. The smallest absolute Gasteiger partial charge is 0.271 e. The normalized spacial score (nSPS) is 11.0. The number of nitrogens with zero attached hydrogens (tertiary/aromatic N) is 1. The van der Waals surface area contributed by atoms with E-state index >= 15 is 0 Å². The van der Waals surface area contributed by atoms with E-state index in [1.807, 2.05) is 0 Å². The lowest BCUT2D eigenvalue weighted by Gasteiger charge is -2.12. The Morgan fingerprint density at radius 2 is 1.92 bits per heavy atom. The molecule has 10 heteroatoms. The van der Waals surface area contributed by atoms with Crippen LogP contribution in [0.3, 0.4) is 0 Å². The van der Waals surface area contributed by atoms with Gasteiger partial charge in [0.1, 0.15) is 5.75 Å². The molecule has 0 bridgehead atoms. The average Bonchev–Trinajstić information content (AvgIpc) is 2.55. The monoisotopic (exact) mass is 536 g/mol. The van der Waals surface area contributed by atoms with Gasteiger partial charge in [-0.2, -0.15) is 0 Å². The first-order chi connectivity index (χ1) is 12.2. The number of fused-ring (bicyclic) bond motifs is 1. The largest absolute Gasteiger partial charge is 0.495 e. The maximum atomic E-state index is 13.1. The molecule has 3 aromatic rings. The van der Waals surface area contributed by atoms with E-state index in [4.69, 9.17) is 40.2 Å². The summed E-state index contributed by atoms with van der Waals surface area (Å²) in [6.45, 7) is 0. The number of ether oxygens (including phenoxy) is 1. The van der Waals surface area contributed by atoms with E-state index in [1.165, 1.54) is 19.2 Å². The van der Waals surface area contributed by atoms with E-state index in [-0.39, 0.29) is 31.5 Å². The first-order valence-electron chi connectivity index (χ1n) is 6.96. The number of aromatic amines is 1. The third-order valence-corrected chi connectivity index (χ3v) is 5.42. The molecule has 3 rings (SSSR count). The number of methoxy groups -OCH3 is 1. The van der Waals surface area contributed by atoms with Crippen LogP contribution in [-0.2, 0) is 0 Å². The molecule has 0 saturated heterocycles. The van der Waals surface area contributed by atoms with E-state index in [0.717, 1.165) is 4.57 Å². The van der Waals surface area contributed by atoms with E-state index in [2.05, 4.69) is 36.8 Å². The molecule has 1 heterocycles. The van der Waals surface area contributed by atoms with Gasteiger partial charge in [0.15, 0.2) is 4.77 Å². The molecule has 1 N–H and O–H groups in total. The molecule has 0 aliphatic rings. The molecule has 0 aliphatic carbocycles. The van der Waals surface area contributed by atoms with Crippen molar-refractivity contribution >= 4 is 84.1 Å². The molecule has 0 fully saturated rings. The quantitative estimate of drug-likeness (QED) is 0.432. The van der Waals surface area contributed by atoms with Crippen molar-refractivity contribution in [3.63, 3.8) is 0 Å². The van der Waals surface area contributed by atoms with Crippen molar-refractivity contribution < 1.29 is 9.53 Å². The minimum Gasteiger partial charge on any atom is -0.495 e. The Morgan fingerprint density at radius 3 is 2.58 bits per heavy atom. The molecule has 0 aliphatic heterocycles.